The number of hydrogen-bond donors (Lipinski definition) is 0. The standard InChI is InChI=1S/C22H17ClN2O/c1-2-26-15-25-20-11-7-6-10-18(20)21-19(23)14-17(24-22(21)25)13-12-16-8-4-3-5-9-16/h3-11,14H,2,15H2,1H3. The van der Waals surface area contributed by atoms with Crippen LogP contribution in [-0.4, -0.2) is 16.2 Å². The summed E-state index contributed by atoms with van der Waals surface area (Å²) in [5.41, 5.74) is 3.44. The fraction of sp³-hybridized carbons (Fsp3) is 0.136. The summed E-state index contributed by atoms with van der Waals surface area (Å²) in [6.07, 6.45) is 0. The number of fused-ring (bicyclic) bond motifs is 3. The van der Waals surface area contributed by atoms with Gasteiger partial charge >= 0.3 is 0 Å². The third-order valence-electron chi connectivity index (χ3n) is 4.21. The molecule has 0 aliphatic heterocycles. The van der Waals surface area contributed by atoms with Gasteiger partial charge in [-0.15, -0.1) is 0 Å². The topological polar surface area (TPSA) is 27.1 Å². The van der Waals surface area contributed by atoms with Crippen molar-refractivity contribution in [1.29, 1.82) is 0 Å². The highest BCUT2D eigenvalue weighted by Crippen LogP contribution is 2.33. The third-order valence-corrected chi connectivity index (χ3v) is 4.50. The quantitative estimate of drug-likeness (QED) is 0.467. The van der Waals surface area contributed by atoms with Crippen LogP contribution in [0.5, 0.6) is 0 Å². The van der Waals surface area contributed by atoms with Crippen molar-refractivity contribution in [2.75, 3.05) is 6.61 Å². The maximum absolute atomic E-state index is 6.61. The van der Waals surface area contributed by atoms with Crippen LogP contribution in [0, 0.1) is 11.8 Å². The molecule has 26 heavy (non-hydrogen) atoms. The van der Waals surface area contributed by atoms with Gasteiger partial charge in [-0.05, 0) is 37.1 Å². The summed E-state index contributed by atoms with van der Waals surface area (Å²) in [6.45, 7) is 3.04. The van der Waals surface area contributed by atoms with Gasteiger partial charge in [0.15, 0.2) is 0 Å². The van der Waals surface area contributed by atoms with Gasteiger partial charge in [0.2, 0.25) is 0 Å². The van der Waals surface area contributed by atoms with Gasteiger partial charge in [0.25, 0.3) is 0 Å². The molecule has 3 nitrogen and oxygen atoms in total. The minimum absolute atomic E-state index is 0.430. The van der Waals surface area contributed by atoms with Gasteiger partial charge in [-0.3, -0.25) is 0 Å². The maximum atomic E-state index is 6.61. The molecule has 0 amide bonds. The van der Waals surface area contributed by atoms with E-state index in [1.165, 1.54) is 0 Å². The summed E-state index contributed by atoms with van der Waals surface area (Å²) >= 11 is 6.61. The van der Waals surface area contributed by atoms with Gasteiger partial charge in [-0.1, -0.05) is 53.9 Å². The van der Waals surface area contributed by atoms with Gasteiger partial charge in [-0.25, -0.2) is 4.98 Å². The molecular weight excluding hydrogens is 344 g/mol. The normalized spacial score (nSPS) is 10.8. The monoisotopic (exact) mass is 360 g/mol. The predicted molar refractivity (Wildman–Crippen MR) is 106 cm³/mol. The second kappa shape index (κ2) is 7.21. The number of hydrogen-bond acceptors (Lipinski definition) is 2. The van der Waals surface area contributed by atoms with Gasteiger partial charge in [0, 0.05) is 22.9 Å². The third kappa shape index (κ3) is 3.06. The Bertz CT molecular complexity index is 1140. The van der Waals surface area contributed by atoms with E-state index in [1.807, 2.05) is 60.0 Å². The molecule has 0 fully saturated rings. The SMILES string of the molecule is CCOCn1c2ccccc2c2c(Cl)cc(C#Cc3ccccc3)nc21. The molecule has 0 aliphatic carbocycles. The molecule has 4 heteroatoms. The van der Waals surface area contributed by atoms with E-state index in [9.17, 15) is 0 Å². The molecule has 2 heterocycles. The first-order valence-corrected chi connectivity index (χ1v) is 8.88. The second-order valence-corrected chi connectivity index (χ2v) is 6.28. The Hall–Kier alpha value is -2.80. The Morgan fingerprint density at radius 1 is 1.04 bits per heavy atom. The molecular formula is C22H17ClN2O. The molecule has 0 N–H and O–H groups in total. The van der Waals surface area contributed by atoms with Crippen molar-refractivity contribution in [2.24, 2.45) is 0 Å². The number of ether oxygens (including phenoxy) is 1. The lowest BCUT2D eigenvalue weighted by Crippen LogP contribution is -2.03. The average molecular weight is 361 g/mol. The van der Waals surface area contributed by atoms with Crippen LogP contribution < -0.4 is 0 Å². The highest BCUT2D eigenvalue weighted by atomic mass is 35.5. The molecule has 0 spiro atoms. The first-order valence-electron chi connectivity index (χ1n) is 8.50. The molecule has 0 atom stereocenters. The van der Waals surface area contributed by atoms with E-state index >= 15 is 0 Å². The average Bonchev–Trinajstić information content (AvgIpc) is 2.99. The maximum Gasteiger partial charge on any atom is 0.145 e. The Morgan fingerprint density at radius 3 is 2.62 bits per heavy atom. The van der Waals surface area contributed by atoms with Gasteiger partial charge in [-0.2, -0.15) is 0 Å². The summed E-state index contributed by atoms with van der Waals surface area (Å²) in [6, 6.07) is 19.8. The van der Waals surface area contributed by atoms with Crippen LogP contribution in [0.25, 0.3) is 21.9 Å². The zero-order chi connectivity index (χ0) is 17.9. The fourth-order valence-electron chi connectivity index (χ4n) is 3.02. The van der Waals surface area contributed by atoms with E-state index < -0.39 is 0 Å². The zero-order valence-electron chi connectivity index (χ0n) is 14.4. The number of para-hydroxylation sites is 1. The van der Waals surface area contributed by atoms with Crippen LogP contribution in [0.15, 0.2) is 60.7 Å². The molecule has 4 rings (SSSR count). The highest BCUT2D eigenvalue weighted by Gasteiger charge is 2.15. The lowest BCUT2D eigenvalue weighted by molar-refractivity contribution is 0.0932. The second-order valence-electron chi connectivity index (χ2n) is 5.87. The molecule has 0 radical (unpaired) electrons. The first-order chi connectivity index (χ1) is 12.8. The predicted octanol–water partition coefficient (Wildman–Crippen LogP) is 5.24. The van der Waals surface area contributed by atoms with E-state index in [1.54, 1.807) is 0 Å². The minimum Gasteiger partial charge on any atom is -0.361 e. The Morgan fingerprint density at radius 2 is 1.81 bits per heavy atom. The Kier molecular flexibility index (Phi) is 4.62. The van der Waals surface area contributed by atoms with Crippen LogP contribution in [0.4, 0.5) is 0 Å². The number of aromatic nitrogens is 2. The number of halogens is 1. The van der Waals surface area contributed by atoms with E-state index in [0.29, 0.717) is 24.1 Å². The number of pyridine rings is 1. The number of benzene rings is 2. The largest absolute Gasteiger partial charge is 0.361 e. The zero-order valence-corrected chi connectivity index (χ0v) is 15.1. The Balaban J connectivity index is 1.90. The smallest absolute Gasteiger partial charge is 0.145 e. The van der Waals surface area contributed by atoms with Gasteiger partial charge in [0.05, 0.1) is 10.5 Å². The summed E-state index contributed by atoms with van der Waals surface area (Å²) in [4.78, 5) is 4.77. The lowest BCUT2D eigenvalue weighted by atomic mass is 10.2. The molecule has 0 aliphatic rings. The van der Waals surface area contributed by atoms with Crippen LogP contribution >= 0.6 is 11.6 Å². The van der Waals surface area contributed by atoms with Crippen molar-refractivity contribution in [2.45, 2.75) is 13.7 Å². The molecule has 0 bridgehead atoms. The van der Waals surface area contributed by atoms with Crippen molar-refractivity contribution in [3.05, 3.63) is 76.9 Å². The molecule has 2 aromatic heterocycles. The van der Waals surface area contributed by atoms with E-state index in [4.69, 9.17) is 21.3 Å². The van der Waals surface area contributed by atoms with E-state index in [-0.39, 0.29) is 0 Å². The van der Waals surface area contributed by atoms with Gasteiger partial charge < -0.3 is 9.30 Å². The van der Waals surface area contributed by atoms with Crippen LogP contribution in [0.3, 0.4) is 0 Å². The molecule has 0 saturated heterocycles. The van der Waals surface area contributed by atoms with Crippen LogP contribution in [-0.2, 0) is 11.5 Å². The van der Waals surface area contributed by atoms with Crippen molar-refractivity contribution in [1.82, 2.24) is 9.55 Å². The summed E-state index contributed by atoms with van der Waals surface area (Å²) in [5.74, 6) is 6.26. The number of nitrogens with zero attached hydrogens (tertiary/aromatic N) is 2. The molecule has 0 unspecified atom stereocenters. The van der Waals surface area contributed by atoms with E-state index in [2.05, 4.69) is 24.0 Å². The first kappa shape index (κ1) is 16.7. The van der Waals surface area contributed by atoms with Crippen molar-refractivity contribution < 1.29 is 4.74 Å². The molecule has 2 aromatic carbocycles. The summed E-state index contributed by atoms with van der Waals surface area (Å²) in [7, 11) is 0. The lowest BCUT2D eigenvalue weighted by Gasteiger charge is -2.06. The van der Waals surface area contributed by atoms with Crippen molar-refractivity contribution >= 4 is 33.5 Å². The minimum atomic E-state index is 0.430. The van der Waals surface area contributed by atoms with Crippen molar-refractivity contribution in [3.8, 4) is 11.8 Å². The number of rotatable bonds is 3. The van der Waals surface area contributed by atoms with Gasteiger partial charge in [0.1, 0.15) is 18.1 Å². The molecule has 4 aromatic rings. The highest BCUT2D eigenvalue weighted by molar-refractivity contribution is 6.37. The van der Waals surface area contributed by atoms with E-state index in [0.717, 1.165) is 27.5 Å². The Labute approximate surface area is 157 Å². The molecule has 128 valence electrons. The van der Waals surface area contributed by atoms with Crippen LogP contribution in [0.2, 0.25) is 5.02 Å². The molecule has 0 saturated carbocycles. The van der Waals surface area contributed by atoms with Crippen LogP contribution in [0.1, 0.15) is 18.2 Å². The van der Waals surface area contributed by atoms with Crippen molar-refractivity contribution in [3.63, 3.8) is 0 Å². The summed E-state index contributed by atoms with van der Waals surface area (Å²) < 4.78 is 7.70. The fourth-order valence-corrected chi connectivity index (χ4v) is 3.30. The summed E-state index contributed by atoms with van der Waals surface area (Å²) in [5, 5.41) is 2.66.